The topological polar surface area (TPSA) is 67.6 Å². The van der Waals surface area contributed by atoms with Gasteiger partial charge in [0.15, 0.2) is 11.5 Å². The molecule has 0 spiro atoms. The lowest BCUT2D eigenvalue weighted by molar-refractivity contribution is 0.0929. The van der Waals surface area contributed by atoms with E-state index in [1.165, 1.54) is 12.8 Å². The highest BCUT2D eigenvalue weighted by atomic mass is 16.5. The van der Waals surface area contributed by atoms with Crippen LogP contribution >= 0.6 is 0 Å². The second-order valence-corrected chi connectivity index (χ2v) is 7.19. The Balaban J connectivity index is 1.47. The SMILES string of the molecule is COc1cccc(C(CNC(=O)c2cc(-c3ccccc3)on2)N2CCCC2)c1. The molecule has 0 aliphatic carbocycles. The maximum Gasteiger partial charge on any atom is 0.273 e. The van der Waals surface area contributed by atoms with Crippen LogP contribution in [0.4, 0.5) is 0 Å². The Hall–Kier alpha value is -3.12. The number of rotatable bonds is 7. The molecule has 0 saturated carbocycles. The van der Waals surface area contributed by atoms with Gasteiger partial charge in [-0.3, -0.25) is 9.69 Å². The van der Waals surface area contributed by atoms with Crippen LogP contribution in [0.5, 0.6) is 5.75 Å². The number of likely N-dealkylation sites (tertiary alicyclic amines) is 1. The largest absolute Gasteiger partial charge is 0.497 e. The lowest BCUT2D eigenvalue weighted by Gasteiger charge is -2.28. The molecule has 1 aliphatic rings. The summed E-state index contributed by atoms with van der Waals surface area (Å²) >= 11 is 0. The number of benzene rings is 2. The molecule has 1 aliphatic heterocycles. The van der Waals surface area contributed by atoms with Crippen molar-refractivity contribution in [1.82, 2.24) is 15.4 Å². The average molecular weight is 391 g/mol. The molecular weight excluding hydrogens is 366 g/mol. The Morgan fingerprint density at radius 1 is 1.14 bits per heavy atom. The van der Waals surface area contributed by atoms with Gasteiger partial charge in [-0.25, -0.2) is 0 Å². The first-order chi connectivity index (χ1) is 14.2. The van der Waals surface area contributed by atoms with Crippen LogP contribution in [0.3, 0.4) is 0 Å². The summed E-state index contributed by atoms with van der Waals surface area (Å²) < 4.78 is 10.7. The molecule has 3 aromatic rings. The molecule has 1 amide bonds. The number of methoxy groups -OCH3 is 1. The third-order valence-corrected chi connectivity index (χ3v) is 5.32. The van der Waals surface area contributed by atoms with Crippen LogP contribution in [-0.4, -0.2) is 42.7 Å². The summed E-state index contributed by atoms with van der Waals surface area (Å²) in [6.45, 7) is 2.55. The van der Waals surface area contributed by atoms with E-state index < -0.39 is 0 Å². The number of carbonyl (C=O) groups excluding carboxylic acids is 1. The van der Waals surface area contributed by atoms with Gasteiger partial charge in [0.05, 0.1) is 13.2 Å². The fourth-order valence-corrected chi connectivity index (χ4v) is 3.76. The molecule has 29 heavy (non-hydrogen) atoms. The molecule has 1 fully saturated rings. The molecule has 1 saturated heterocycles. The van der Waals surface area contributed by atoms with Crippen molar-refractivity contribution < 1.29 is 14.1 Å². The van der Waals surface area contributed by atoms with Gasteiger partial charge in [0.1, 0.15) is 5.75 Å². The summed E-state index contributed by atoms with van der Waals surface area (Å²) in [7, 11) is 1.67. The summed E-state index contributed by atoms with van der Waals surface area (Å²) in [6.07, 6.45) is 2.36. The Labute approximate surface area is 170 Å². The van der Waals surface area contributed by atoms with Crippen molar-refractivity contribution in [3.8, 4) is 17.1 Å². The number of hydrogen-bond donors (Lipinski definition) is 1. The lowest BCUT2D eigenvalue weighted by Crippen LogP contribution is -2.36. The van der Waals surface area contributed by atoms with Gasteiger partial charge < -0.3 is 14.6 Å². The van der Waals surface area contributed by atoms with E-state index in [9.17, 15) is 4.79 Å². The smallest absolute Gasteiger partial charge is 0.273 e. The minimum Gasteiger partial charge on any atom is -0.497 e. The van der Waals surface area contributed by atoms with Crippen molar-refractivity contribution in [3.05, 3.63) is 71.9 Å². The number of ether oxygens (including phenoxy) is 1. The maximum atomic E-state index is 12.7. The Morgan fingerprint density at radius 2 is 1.93 bits per heavy atom. The molecule has 1 unspecified atom stereocenters. The first kappa shape index (κ1) is 19.2. The quantitative estimate of drug-likeness (QED) is 0.661. The zero-order valence-electron chi connectivity index (χ0n) is 16.5. The van der Waals surface area contributed by atoms with Gasteiger partial charge in [0.25, 0.3) is 5.91 Å². The second kappa shape index (κ2) is 8.92. The number of amides is 1. The van der Waals surface area contributed by atoms with Crippen LogP contribution in [0.2, 0.25) is 0 Å². The summed E-state index contributed by atoms with van der Waals surface area (Å²) in [5, 5.41) is 6.98. The van der Waals surface area contributed by atoms with E-state index in [0.717, 1.165) is 30.0 Å². The third-order valence-electron chi connectivity index (χ3n) is 5.32. The van der Waals surface area contributed by atoms with Gasteiger partial charge >= 0.3 is 0 Å². The van der Waals surface area contributed by atoms with Crippen LogP contribution < -0.4 is 10.1 Å². The van der Waals surface area contributed by atoms with Crippen molar-refractivity contribution in [2.45, 2.75) is 18.9 Å². The second-order valence-electron chi connectivity index (χ2n) is 7.19. The molecule has 2 heterocycles. The van der Waals surface area contributed by atoms with Gasteiger partial charge in [0.2, 0.25) is 0 Å². The molecular formula is C23H25N3O3. The van der Waals surface area contributed by atoms with Crippen molar-refractivity contribution in [1.29, 1.82) is 0 Å². The number of nitrogens with one attached hydrogen (secondary N) is 1. The predicted octanol–water partition coefficient (Wildman–Crippen LogP) is 3.92. The van der Waals surface area contributed by atoms with Gasteiger partial charge in [-0.05, 0) is 43.6 Å². The van der Waals surface area contributed by atoms with Crippen LogP contribution in [-0.2, 0) is 0 Å². The summed E-state index contributed by atoms with van der Waals surface area (Å²) in [5.41, 5.74) is 2.32. The van der Waals surface area contributed by atoms with Gasteiger partial charge in [0, 0.05) is 18.2 Å². The third kappa shape index (κ3) is 4.49. The van der Waals surface area contributed by atoms with Crippen LogP contribution in [0, 0.1) is 0 Å². The number of carbonyl (C=O) groups is 1. The van der Waals surface area contributed by atoms with Crippen molar-refractivity contribution in [2.24, 2.45) is 0 Å². The molecule has 1 atom stereocenters. The summed E-state index contributed by atoms with van der Waals surface area (Å²) in [4.78, 5) is 15.1. The Kier molecular flexibility index (Phi) is 5.91. The van der Waals surface area contributed by atoms with E-state index in [1.807, 2.05) is 48.5 Å². The van der Waals surface area contributed by atoms with Gasteiger partial charge in [-0.15, -0.1) is 0 Å². The Bertz CT molecular complexity index is 949. The molecule has 2 aromatic carbocycles. The molecule has 6 nitrogen and oxygen atoms in total. The first-order valence-electron chi connectivity index (χ1n) is 9.93. The molecule has 1 N–H and O–H groups in total. The predicted molar refractivity (Wildman–Crippen MR) is 111 cm³/mol. The van der Waals surface area contributed by atoms with Crippen LogP contribution in [0.25, 0.3) is 11.3 Å². The van der Waals surface area contributed by atoms with E-state index in [4.69, 9.17) is 9.26 Å². The molecule has 0 radical (unpaired) electrons. The van der Waals surface area contributed by atoms with Crippen molar-refractivity contribution >= 4 is 5.91 Å². The monoisotopic (exact) mass is 391 g/mol. The zero-order chi connectivity index (χ0) is 20.1. The summed E-state index contributed by atoms with van der Waals surface area (Å²) in [6, 6.07) is 19.5. The zero-order valence-corrected chi connectivity index (χ0v) is 16.5. The van der Waals surface area contributed by atoms with Crippen LogP contribution in [0.1, 0.15) is 34.9 Å². The fraction of sp³-hybridized carbons (Fsp3) is 0.304. The number of aromatic nitrogens is 1. The first-order valence-corrected chi connectivity index (χ1v) is 9.93. The van der Waals surface area contributed by atoms with Crippen molar-refractivity contribution in [3.63, 3.8) is 0 Å². The fourth-order valence-electron chi connectivity index (χ4n) is 3.76. The molecule has 150 valence electrons. The lowest BCUT2D eigenvalue weighted by atomic mass is 10.0. The number of hydrogen-bond acceptors (Lipinski definition) is 5. The normalized spacial score (nSPS) is 15.2. The highest BCUT2D eigenvalue weighted by Gasteiger charge is 2.25. The van der Waals surface area contributed by atoms with E-state index in [-0.39, 0.29) is 17.6 Å². The van der Waals surface area contributed by atoms with E-state index in [0.29, 0.717) is 12.3 Å². The van der Waals surface area contributed by atoms with Gasteiger partial charge in [-0.1, -0.05) is 47.6 Å². The molecule has 4 rings (SSSR count). The van der Waals surface area contributed by atoms with Crippen molar-refractivity contribution in [2.75, 3.05) is 26.7 Å². The number of nitrogens with zero attached hydrogens (tertiary/aromatic N) is 2. The highest BCUT2D eigenvalue weighted by Crippen LogP contribution is 2.27. The minimum atomic E-state index is -0.233. The minimum absolute atomic E-state index is 0.0945. The highest BCUT2D eigenvalue weighted by molar-refractivity contribution is 5.93. The van der Waals surface area contributed by atoms with E-state index in [2.05, 4.69) is 21.4 Å². The molecule has 0 bridgehead atoms. The van der Waals surface area contributed by atoms with Crippen LogP contribution in [0.15, 0.2) is 65.2 Å². The average Bonchev–Trinajstić information content (AvgIpc) is 3.47. The maximum absolute atomic E-state index is 12.7. The summed E-state index contributed by atoms with van der Waals surface area (Å²) in [5.74, 6) is 1.17. The van der Waals surface area contributed by atoms with Gasteiger partial charge in [-0.2, -0.15) is 0 Å². The van der Waals surface area contributed by atoms with E-state index >= 15 is 0 Å². The molecule has 1 aromatic heterocycles. The van der Waals surface area contributed by atoms with E-state index in [1.54, 1.807) is 13.2 Å². The Morgan fingerprint density at radius 3 is 2.69 bits per heavy atom. The standard InChI is InChI=1S/C23H25N3O3/c1-28-19-11-7-10-18(14-19)21(26-12-5-6-13-26)16-24-23(27)20-15-22(29-25-20)17-8-3-2-4-9-17/h2-4,7-11,14-15,21H,5-6,12-13,16H2,1H3,(H,24,27). The molecule has 6 heteroatoms.